The van der Waals surface area contributed by atoms with Crippen LogP contribution in [0.3, 0.4) is 0 Å². The van der Waals surface area contributed by atoms with Gasteiger partial charge in [-0.05, 0) is 12.1 Å². The second kappa shape index (κ2) is 3.03. The highest BCUT2D eigenvalue weighted by Gasteiger charge is 1.88. The molecule has 2 aromatic rings. The molecule has 0 atom stereocenters. The normalized spacial score (nSPS) is 9.20. The molecule has 0 unspecified atom stereocenters. The maximum Gasteiger partial charge on any atom is 0.0931 e. The monoisotopic (exact) mass is 142 g/mol. The highest BCUT2D eigenvalue weighted by atomic mass is 24.3. The van der Waals surface area contributed by atoms with E-state index in [9.17, 15) is 0 Å². The van der Waals surface area contributed by atoms with E-state index in [1.807, 2.05) is 24.3 Å². The molecule has 0 aliphatic carbocycles. The molecule has 2 radical (unpaired) electrons. The number of rotatable bonds is 0. The Balaban J connectivity index is 0.000000500. The third-order valence-electron chi connectivity index (χ3n) is 1.33. The molecule has 0 spiro atoms. The molecule has 0 aliphatic heterocycles. The van der Waals surface area contributed by atoms with Crippen LogP contribution in [0.1, 0.15) is 0 Å². The molecule has 0 bridgehead atoms. The van der Waals surface area contributed by atoms with E-state index in [0.29, 0.717) is 0 Å². The minimum atomic E-state index is 0. The van der Waals surface area contributed by atoms with Gasteiger partial charge in [0.15, 0.2) is 0 Å². The highest BCUT2D eigenvalue weighted by Crippen LogP contribution is 2.05. The lowest BCUT2D eigenvalue weighted by Gasteiger charge is -1.81. The largest absolute Gasteiger partial charge is 0.345 e. The van der Waals surface area contributed by atoms with Gasteiger partial charge in [0.25, 0.3) is 0 Å². The Labute approximate surface area is 74.8 Å². The number of para-hydroxylation sites is 2. The molecule has 1 heterocycles. The van der Waals surface area contributed by atoms with Crippen molar-refractivity contribution in [2.75, 3.05) is 0 Å². The lowest BCUT2D eigenvalue weighted by Crippen LogP contribution is -1.63. The highest BCUT2D eigenvalue weighted by molar-refractivity contribution is 5.75. The Bertz CT molecular complexity index is 286. The Hall–Kier alpha value is -0.544. The van der Waals surface area contributed by atoms with Crippen molar-refractivity contribution in [3.05, 3.63) is 30.6 Å². The molecule has 1 aromatic heterocycles. The molecule has 0 aliphatic rings. The Morgan fingerprint density at radius 2 is 2.00 bits per heavy atom. The maximum absolute atomic E-state index is 4.06. The number of benzene rings is 1. The van der Waals surface area contributed by atoms with E-state index in [0.717, 1.165) is 11.0 Å². The Kier molecular flexibility index (Phi) is 2.29. The van der Waals surface area contributed by atoms with Crippen LogP contribution in [-0.4, -0.2) is 33.0 Å². The minimum Gasteiger partial charge on any atom is -0.345 e. The van der Waals surface area contributed by atoms with Crippen LogP contribution in [0.4, 0.5) is 0 Å². The number of aromatic nitrogens is 2. The Morgan fingerprint density at radius 1 is 1.20 bits per heavy atom. The molecule has 3 heteroatoms. The predicted octanol–water partition coefficient (Wildman–Crippen LogP) is 1.18. The van der Waals surface area contributed by atoms with Crippen LogP contribution in [0.15, 0.2) is 30.6 Å². The summed E-state index contributed by atoms with van der Waals surface area (Å²) in [5.74, 6) is 0. The SMILES string of the molecule is [Mg].c1ccc2[nH]cnc2c1. The van der Waals surface area contributed by atoms with Crippen molar-refractivity contribution in [1.82, 2.24) is 9.97 Å². The number of hydrogen-bond acceptors (Lipinski definition) is 1. The average molecular weight is 142 g/mol. The first-order valence-corrected chi connectivity index (χ1v) is 2.85. The van der Waals surface area contributed by atoms with Crippen LogP contribution < -0.4 is 0 Å². The number of nitrogens with zero attached hydrogens (tertiary/aromatic N) is 1. The molecule has 2 rings (SSSR count). The van der Waals surface area contributed by atoms with Crippen LogP contribution in [-0.2, 0) is 0 Å². The molecule has 1 N–H and O–H groups in total. The summed E-state index contributed by atoms with van der Waals surface area (Å²) in [5.41, 5.74) is 2.12. The van der Waals surface area contributed by atoms with Crippen molar-refractivity contribution in [1.29, 1.82) is 0 Å². The van der Waals surface area contributed by atoms with Crippen molar-refractivity contribution < 1.29 is 0 Å². The van der Waals surface area contributed by atoms with Gasteiger partial charge in [0.05, 0.1) is 17.4 Å². The molecule has 0 saturated heterocycles. The summed E-state index contributed by atoms with van der Waals surface area (Å²) < 4.78 is 0. The van der Waals surface area contributed by atoms with Crippen molar-refractivity contribution in [3.8, 4) is 0 Å². The van der Waals surface area contributed by atoms with E-state index < -0.39 is 0 Å². The van der Waals surface area contributed by atoms with Gasteiger partial charge < -0.3 is 4.98 Å². The van der Waals surface area contributed by atoms with Crippen molar-refractivity contribution in [3.63, 3.8) is 0 Å². The molecule has 0 amide bonds. The average Bonchev–Trinajstić information content (AvgIpc) is 2.33. The first-order chi connectivity index (χ1) is 4.47. The molecule has 0 fully saturated rings. The Morgan fingerprint density at radius 3 is 2.80 bits per heavy atom. The van der Waals surface area contributed by atoms with E-state index in [1.165, 1.54) is 0 Å². The predicted molar refractivity (Wildman–Crippen MR) is 41.8 cm³/mol. The third kappa shape index (κ3) is 1.15. The summed E-state index contributed by atoms with van der Waals surface area (Å²) in [4.78, 5) is 7.07. The van der Waals surface area contributed by atoms with Crippen LogP contribution >= 0.6 is 0 Å². The van der Waals surface area contributed by atoms with Crippen LogP contribution in [0.5, 0.6) is 0 Å². The topological polar surface area (TPSA) is 28.7 Å². The third-order valence-corrected chi connectivity index (χ3v) is 1.33. The lowest BCUT2D eigenvalue weighted by atomic mass is 10.3. The van der Waals surface area contributed by atoms with Gasteiger partial charge in [0.1, 0.15) is 0 Å². The van der Waals surface area contributed by atoms with E-state index in [2.05, 4.69) is 9.97 Å². The van der Waals surface area contributed by atoms with Crippen LogP contribution in [0.25, 0.3) is 11.0 Å². The summed E-state index contributed by atoms with van der Waals surface area (Å²) in [6.07, 6.45) is 1.70. The summed E-state index contributed by atoms with van der Waals surface area (Å²) in [7, 11) is 0. The number of fused-ring (bicyclic) bond motifs is 1. The molecule has 1 aromatic carbocycles. The van der Waals surface area contributed by atoms with Gasteiger partial charge in [-0.15, -0.1) is 0 Å². The molecule has 2 nitrogen and oxygen atoms in total. The van der Waals surface area contributed by atoms with E-state index >= 15 is 0 Å². The standard InChI is InChI=1S/C7H6N2.Mg/c1-2-4-7-6(3-1)8-5-9-7;/h1-5H,(H,8,9);. The summed E-state index contributed by atoms with van der Waals surface area (Å²) in [6, 6.07) is 7.94. The zero-order valence-electron chi connectivity index (χ0n) is 5.54. The molecular formula is C7H6MgN2. The molecule has 10 heavy (non-hydrogen) atoms. The maximum atomic E-state index is 4.06. The van der Waals surface area contributed by atoms with Gasteiger partial charge in [-0.25, -0.2) is 4.98 Å². The zero-order chi connectivity index (χ0) is 6.10. The number of aromatic amines is 1. The number of H-pyrrole nitrogens is 1. The number of imidazole rings is 1. The van der Waals surface area contributed by atoms with E-state index in [4.69, 9.17) is 0 Å². The van der Waals surface area contributed by atoms with Gasteiger partial charge in [0, 0.05) is 23.1 Å². The van der Waals surface area contributed by atoms with Crippen molar-refractivity contribution in [2.45, 2.75) is 0 Å². The minimum absolute atomic E-state index is 0. The van der Waals surface area contributed by atoms with E-state index in [1.54, 1.807) is 6.33 Å². The van der Waals surface area contributed by atoms with Crippen molar-refractivity contribution in [2.24, 2.45) is 0 Å². The quantitative estimate of drug-likeness (QED) is 0.550. The number of hydrogen-bond donors (Lipinski definition) is 1. The number of nitrogens with one attached hydrogen (secondary N) is 1. The van der Waals surface area contributed by atoms with Crippen LogP contribution in [0.2, 0.25) is 0 Å². The van der Waals surface area contributed by atoms with Gasteiger partial charge in [-0.1, -0.05) is 12.1 Å². The van der Waals surface area contributed by atoms with E-state index in [-0.39, 0.29) is 23.1 Å². The van der Waals surface area contributed by atoms with Crippen molar-refractivity contribution >= 4 is 34.1 Å². The van der Waals surface area contributed by atoms with Gasteiger partial charge >= 0.3 is 0 Å². The fourth-order valence-corrected chi connectivity index (χ4v) is 0.880. The zero-order valence-corrected chi connectivity index (χ0v) is 6.96. The fourth-order valence-electron chi connectivity index (χ4n) is 0.880. The lowest BCUT2D eigenvalue weighted by molar-refractivity contribution is 1.34. The summed E-state index contributed by atoms with van der Waals surface area (Å²) >= 11 is 0. The first kappa shape index (κ1) is 7.56. The van der Waals surface area contributed by atoms with Gasteiger partial charge in [0.2, 0.25) is 0 Å². The smallest absolute Gasteiger partial charge is 0.0931 e. The fraction of sp³-hybridized carbons (Fsp3) is 0. The first-order valence-electron chi connectivity index (χ1n) is 2.85. The van der Waals surface area contributed by atoms with Gasteiger partial charge in [-0.3, -0.25) is 0 Å². The van der Waals surface area contributed by atoms with Crippen LogP contribution in [0, 0.1) is 0 Å². The molecule has 46 valence electrons. The summed E-state index contributed by atoms with van der Waals surface area (Å²) in [6.45, 7) is 0. The second-order valence-corrected chi connectivity index (χ2v) is 1.92. The van der Waals surface area contributed by atoms with Gasteiger partial charge in [-0.2, -0.15) is 0 Å². The summed E-state index contributed by atoms with van der Waals surface area (Å²) in [5, 5.41) is 0. The molecule has 0 saturated carbocycles. The molecular weight excluding hydrogens is 136 g/mol. The second-order valence-electron chi connectivity index (χ2n) is 1.92.